The maximum absolute atomic E-state index is 11.4. The second kappa shape index (κ2) is 5.67. The van der Waals surface area contributed by atoms with Crippen LogP contribution in [-0.2, 0) is 11.2 Å². The molecule has 6 heteroatoms. The normalized spacial score (nSPS) is 10.9. The molecule has 1 aromatic heterocycles. The molecule has 0 saturated heterocycles. The predicted octanol–water partition coefficient (Wildman–Crippen LogP) is 1.45. The van der Waals surface area contributed by atoms with Crippen LogP contribution in [0, 0.1) is 0 Å². The summed E-state index contributed by atoms with van der Waals surface area (Å²) in [5.74, 6) is -1.06. The van der Waals surface area contributed by atoms with Gasteiger partial charge >= 0.3 is 12.0 Å². The molecule has 5 nitrogen and oxygen atoms in total. The van der Waals surface area contributed by atoms with E-state index in [-0.39, 0.29) is 0 Å². The number of aliphatic carboxylic acids is 1. The first kappa shape index (κ1) is 13.5. The van der Waals surface area contributed by atoms with Gasteiger partial charge in [0.15, 0.2) is 0 Å². The first-order chi connectivity index (χ1) is 7.92. The molecule has 0 aliphatic carbocycles. The Hall–Kier alpha value is -1.56. The van der Waals surface area contributed by atoms with E-state index in [4.69, 9.17) is 5.11 Å². The largest absolute Gasteiger partial charge is 0.480 e. The fourth-order valence-electron chi connectivity index (χ4n) is 1.14. The number of carbonyl (C=O) groups is 2. The molecular formula is C11H16N2O3S. The number of thiophene rings is 1. The van der Waals surface area contributed by atoms with Crippen molar-refractivity contribution in [2.45, 2.75) is 25.8 Å². The average Bonchev–Trinajstić information content (AvgIpc) is 2.69. The quantitative estimate of drug-likeness (QED) is 0.746. The molecule has 0 aromatic carbocycles. The third-order valence-electron chi connectivity index (χ3n) is 2.24. The molecule has 0 unspecified atom stereocenters. The highest BCUT2D eigenvalue weighted by atomic mass is 32.1. The number of carboxylic acid groups (broad SMARTS) is 1. The number of carbonyl (C=O) groups excluding carboxylic acids is 1. The van der Waals surface area contributed by atoms with Gasteiger partial charge < -0.3 is 15.7 Å². The number of amides is 2. The van der Waals surface area contributed by atoms with Crippen molar-refractivity contribution in [2.24, 2.45) is 0 Å². The zero-order valence-electron chi connectivity index (χ0n) is 9.82. The number of nitrogens with one attached hydrogen (secondary N) is 2. The Kier molecular flexibility index (Phi) is 4.51. The van der Waals surface area contributed by atoms with E-state index in [0.717, 1.165) is 12.0 Å². The van der Waals surface area contributed by atoms with Crippen molar-refractivity contribution in [2.75, 3.05) is 6.54 Å². The standard InChI is InChI=1S/C11H16N2O3S/c1-11(2,9(14)15)13-10(16)12-5-3-8-4-6-17-7-8/h4,6-7H,3,5H2,1-2H3,(H,14,15)(H2,12,13,16). The van der Waals surface area contributed by atoms with Crippen LogP contribution in [0.4, 0.5) is 4.79 Å². The van der Waals surface area contributed by atoms with Crippen LogP contribution >= 0.6 is 11.3 Å². The lowest BCUT2D eigenvalue weighted by Crippen LogP contribution is -2.53. The Morgan fingerprint density at radius 2 is 2.18 bits per heavy atom. The van der Waals surface area contributed by atoms with E-state index in [1.165, 1.54) is 13.8 Å². The van der Waals surface area contributed by atoms with Crippen molar-refractivity contribution in [3.8, 4) is 0 Å². The Balaban J connectivity index is 2.28. The van der Waals surface area contributed by atoms with Crippen LogP contribution in [0.1, 0.15) is 19.4 Å². The van der Waals surface area contributed by atoms with Crippen molar-refractivity contribution < 1.29 is 14.7 Å². The third-order valence-corrected chi connectivity index (χ3v) is 2.97. The van der Waals surface area contributed by atoms with Crippen molar-refractivity contribution >= 4 is 23.3 Å². The smallest absolute Gasteiger partial charge is 0.328 e. The Morgan fingerprint density at radius 3 is 2.71 bits per heavy atom. The summed E-state index contributed by atoms with van der Waals surface area (Å²) in [5, 5.41) is 17.8. The van der Waals surface area contributed by atoms with Crippen LogP contribution in [0.2, 0.25) is 0 Å². The lowest BCUT2D eigenvalue weighted by molar-refractivity contribution is -0.142. The third kappa shape index (κ3) is 4.44. The lowest BCUT2D eigenvalue weighted by atomic mass is 10.1. The Morgan fingerprint density at radius 1 is 1.47 bits per heavy atom. The highest BCUT2D eigenvalue weighted by Crippen LogP contribution is 2.05. The first-order valence-corrected chi connectivity index (χ1v) is 6.16. The van der Waals surface area contributed by atoms with Crippen LogP contribution in [0.15, 0.2) is 16.8 Å². The summed E-state index contributed by atoms with van der Waals surface area (Å²) < 4.78 is 0. The summed E-state index contributed by atoms with van der Waals surface area (Å²) >= 11 is 1.61. The number of rotatable bonds is 5. The zero-order chi connectivity index (χ0) is 12.9. The molecule has 94 valence electrons. The fourth-order valence-corrected chi connectivity index (χ4v) is 1.84. The molecule has 2 amide bonds. The highest BCUT2D eigenvalue weighted by molar-refractivity contribution is 7.07. The van der Waals surface area contributed by atoms with E-state index < -0.39 is 17.5 Å². The zero-order valence-corrected chi connectivity index (χ0v) is 10.6. The number of carboxylic acids is 1. The number of urea groups is 1. The van der Waals surface area contributed by atoms with E-state index in [0.29, 0.717) is 6.54 Å². The summed E-state index contributed by atoms with van der Waals surface area (Å²) in [4.78, 5) is 22.2. The van der Waals surface area contributed by atoms with E-state index in [1.807, 2.05) is 16.8 Å². The van der Waals surface area contributed by atoms with Gasteiger partial charge in [0.2, 0.25) is 0 Å². The number of hydrogen-bond acceptors (Lipinski definition) is 3. The SMILES string of the molecule is CC(C)(NC(=O)NCCc1ccsc1)C(=O)O. The molecule has 0 bridgehead atoms. The van der Waals surface area contributed by atoms with Gasteiger partial charge in [-0.05, 0) is 42.7 Å². The van der Waals surface area contributed by atoms with E-state index in [9.17, 15) is 9.59 Å². The molecule has 0 aliphatic rings. The van der Waals surface area contributed by atoms with Gasteiger partial charge in [0.1, 0.15) is 5.54 Å². The molecule has 17 heavy (non-hydrogen) atoms. The molecule has 1 aromatic rings. The molecule has 0 spiro atoms. The van der Waals surface area contributed by atoms with Crippen molar-refractivity contribution in [3.63, 3.8) is 0 Å². The summed E-state index contributed by atoms with van der Waals surface area (Å²) in [5.41, 5.74) is -0.0975. The molecule has 1 rings (SSSR count). The van der Waals surface area contributed by atoms with Crippen LogP contribution in [-0.4, -0.2) is 29.2 Å². The van der Waals surface area contributed by atoms with Crippen LogP contribution < -0.4 is 10.6 Å². The summed E-state index contributed by atoms with van der Waals surface area (Å²) in [6.07, 6.45) is 0.740. The second-order valence-corrected chi connectivity index (χ2v) is 4.97. The minimum atomic E-state index is -1.26. The van der Waals surface area contributed by atoms with E-state index in [2.05, 4.69) is 10.6 Å². The molecule has 0 saturated carbocycles. The maximum Gasteiger partial charge on any atom is 0.328 e. The minimum Gasteiger partial charge on any atom is -0.480 e. The molecular weight excluding hydrogens is 240 g/mol. The molecule has 0 atom stereocenters. The van der Waals surface area contributed by atoms with Crippen molar-refractivity contribution in [1.82, 2.24) is 10.6 Å². The van der Waals surface area contributed by atoms with E-state index in [1.54, 1.807) is 11.3 Å². The molecule has 0 aliphatic heterocycles. The summed E-state index contributed by atoms with van der Waals surface area (Å²) in [6, 6.07) is 1.53. The maximum atomic E-state index is 11.4. The van der Waals surface area contributed by atoms with Crippen LogP contribution in [0.25, 0.3) is 0 Å². The van der Waals surface area contributed by atoms with Gasteiger partial charge in [-0.15, -0.1) is 0 Å². The van der Waals surface area contributed by atoms with Gasteiger partial charge in [0.25, 0.3) is 0 Å². The van der Waals surface area contributed by atoms with Gasteiger partial charge in [0.05, 0.1) is 0 Å². The van der Waals surface area contributed by atoms with Crippen molar-refractivity contribution in [1.29, 1.82) is 0 Å². The van der Waals surface area contributed by atoms with Crippen LogP contribution in [0.5, 0.6) is 0 Å². The Bertz CT molecular complexity index is 387. The average molecular weight is 256 g/mol. The van der Waals surface area contributed by atoms with E-state index >= 15 is 0 Å². The van der Waals surface area contributed by atoms with Gasteiger partial charge in [-0.1, -0.05) is 0 Å². The van der Waals surface area contributed by atoms with Crippen molar-refractivity contribution in [3.05, 3.63) is 22.4 Å². The van der Waals surface area contributed by atoms with Crippen LogP contribution in [0.3, 0.4) is 0 Å². The summed E-state index contributed by atoms with van der Waals surface area (Å²) in [6.45, 7) is 3.36. The second-order valence-electron chi connectivity index (χ2n) is 4.19. The molecule has 0 radical (unpaired) electrons. The molecule has 3 N–H and O–H groups in total. The Labute approximate surface area is 104 Å². The first-order valence-electron chi connectivity index (χ1n) is 5.22. The highest BCUT2D eigenvalue weighted by Gasteiger charge is 2.28. The molecule has 0 fully saturated rings. The van der Waals surface area contributed by atoms with Gasteiger partial charge in [-0.3, -0.25) is 0 Å². The topological polar surface area (TPSA) is 78.4 Å². The van der Waals surface area contributed by atoms with Gasteiger partial charge in [0, 0.05) is 6.54 Å². The lowest BCUT2D eigenvalue weighted by Gasteiger charge is -2.21. The van der Waals surface area contributed by atoms with Gasteiger partial charge in [-0.25, -0.2) is 9.59 Å². The predicted molar refractivity (Wildman–Crippen MR) is 66.3 cm³/mol. The fraction of sp³-hybridized carbons (Fsp3) is 0.455. The minimum absolute atomic E-state index is 0.465. The van der Waals surface area contributed by atoms with Gasteiger partial charge in [-0.2, -0.15) is 11.3 Å². The monoisotopic (exact) mass is 256 g/mol. The number of hydrogen-bond donors (Lipinski definition) is 3. The summed E-state index contributed by atoms with van der Waals surface area (Å²) in [7, 11) is 0. The molecule has 1 heterocycles.